The average molecular weight is 373 g/mol. The summed E-state index contributed by atoms with van der Waals surface area (Å²) >= 11 is 6.11. The standard InChI is InChI=1S/C20H22ClN3O2/c1-4-11-22-13(2)19-23-18-12-14(21)5-10-17(18)20(25)24(19)15-6-8-16(26-3)9-7-15/h5-10,12-13,22H,4,11H2,1-3H3/p+1/t13-/m0/s1. The van der Waals surface area contributed by atoms with Crippen LogP contribution in [0.5, 0.6) is 5.75 Å². The fourth-order valence-corrected chi connectivity index (χ4v) is 3.15. The lowest BCUT2D eigenvalue weighted by Gasteiger charge is -2.17. The molecule has 3 aromatic rings. The van der Waals surface area contributed by atoms with Crippen molar-refractivity contribution in [3.05, 3.63) is 63.7 Å². The molecule has 0 aliphatic carbocycles. The molecule has 0 amide bonds. The van der Waals surface area contributed by atoms with Crippen LogP contribution in [0.1, 0.15) is 32.1 Å². The zero-order valence-electron chi connectivity index (χ0n) is 15.2. The number of halogens is 1. The lowest BCUT2D eigenvalue weighted by Crippen LogP contribution is -2.85. The highest BCUT2D eigenvalue weighted by Gasteiger charge is 2.20. The topological polar surface area (TPSA) is 60.7 Å². The van der Waals surface area contributed by atoms with Gasteiger partial charge in [0.15, 0.2) is 5.82 Å². The van der Waals surface area contributed by atoms with Crippen LogP contribution in [0.15, 0.2) is 47.3 Å². The molecule has 0 aliphatic rings. The van der Waals surface area contributed by atoms with Gasteiger partial charge in [-0.3, -0.25) is 9.36 Å². The van der Waals surface area contributed by atoms with Gasteiger partial charge in [0, 0.05) is 5.02 Å². The van der Waals surface area contributed by atoms with Gasteiger partial charge in [-0.25, -0.2) is 4.98 Å². The molecule has 136 valence electrons. The van der Waals surface area contributed by atoms with Crippen LogP contribution in [0, 0.1) is 0 Å². The van der Waals surface area contributed by atoms with Crippen LogP contribution in [0.25, 0.3) is 16.6 Å². The number of ether oxygens (including phenoxy) is 1. The van der Waals surface area contributed by atoms with Crippen LogP contribution in [0.3, 0.4) is 0 Å². The predicted molar refractivity (Wildman–Crippen MR) is 104 cm³/mol. The van der Waals surface area contributed by atoms with Crippen LogP contribution >= 0.6 is 11.6 Å². The molecule has 1 aromatic heterocycles. The van der Waals surface area contributed by atoms with Crippen LogP contribution in [0.2, 0.25) is 5.02 Å². The Hall–Kier alpha value is -2.37. The Bertz CT molecular complexity index is 967. The highest BCUT2D eigenvalue weighted by Crippen LogP contribution is 2.21. The SMILES string of the molecule is CCC[NH2+][C@@H](C)c1nc2cc(Cl)ccc2c(=O)n1-c1ccc(OC)cc1. The molecule has 0 radical (unpaired) electrons. The summed E-state index contributed by atoms with van der Waals surface area (Å²) in [4.78, 5) is 18.0. The van der Waals surface area contributed by atoms with Crippen molar-refractivity contribution in [1.82, 2.24) is 9.55 Å². The van der Waals surface area contributed by atoms with E-state index in [-0.39, 0.29) is 11.6 Å². The second kappa shape index (κ2) is 7.89. The molecule has 0 spiro atoms. The molecular formula is C20H23ClN3O2+. The van der Waals surface area contributed by atoms with Gasteiger partial charge in [-0.15, -0.1) is 0 Å². The quantitative estimate of drug-likeness (QED) is 0.723. The van der Waals surface area contributed by atoms with E-state index in [0.29, 0.717) is 21.7 Å². The summed E-state index contributed by atoms with van der Waals surface area (Å²) in [5.41, 5.74) is 1.30. The monoisotopic (exact) mass is 372 g/mol. The van der Waals surface area contributed by atoms with E-state index >= 15 is 0 Å². The van der Waals surface area contributed by atoms with Gasteiger partial charge < -0.3 is 10.1 Å². The van der Waals surface area contributed by atoms with Crippen molar-refractivity contribution in [2.45, 2.75) is 26.3 Å². The van der Waals surface area contributed by atoms with E-state index in [0.717, 1.165) is 24.4 Å². The number of aromatic nitrogens is 2. The van der Waals surface area contributed by atoms with Crippen molar-refractivity contribution in [2.24, 2.45) is 0 Å². The summed E-state index contributed by atoms with van der Waals surface area (Å²) in [6, 6.07) is 12.7. The van der Waals surface area contributed by atoms with Crippen LogP contribution in [-0.4, -0.2) is 23.2 Å². The first-order chi connectivity index (χ1) is 12.5. The molecule has 0 bridgehead atoms. The smallest absolute Gasteiger partial charge is 0.266 e. The fourth-order valence-electron chi connectivity index (χ4n) is 2.98. The Kier molecular flexibility index (Phi) is 5.59. The molecule has 0 unspecified atom stereocenters. The molecule has 2 N–H and O–H groups in total. The van der Waals surface area contributed by atoms with E-state index in [1.807, 2.05) is 24.3 Å². The molecule has 2 aromatic carbocycles. The van der Waals surface area contributed by atoms with Gasteiger partial charge in [0.2, 0.25) is 0 Å². The number of rotatable bonds is 6. The minimum Gasteiger partial charge on any atom is -0.497 e. The van der Waals surface area contributed by atoms with Gasteiger partial charge >= 0.3 is 0 Å². The third-order valence-electron chi connectivity index (χ3n) is 4.40. The molecule has 0 saturated carbocycles. The van der Waals surface area contributed by atoms with Gasteiger partial charge in [0.25, 0.3) is 5.56 Å². The number of hydrogen-bond donors (Lipinski definition) is 1. The molecule has 3 rings (SSSR count). The van der Waals surface area contributed by atoms with Crippen LogP contribution in [0.4, 0.5) is 0 Å². The van der Waals surface area contributed by atoms with E-state index in [9.17, 15) is 4.79 Å². The van der Waals surface area contributed by atoms with Crippen molar-refractivity contribution in [3.63, 3.8) is 0 Å². The molecule has 6 heteroatoms. The van der Waals surface area contributed by atoms with Crippen molar-refractivity contribution in [2.75, 3.05) is 13.7 Å². The third-order valence-corrected chi connectivity index (χ3v) is 4.64. The zero-order valence-corrected chi connectivity index (χ0v) is 16.0. The van der Waals surface area contributed by atoms with Gasteiger partial charge in [0.1, 0.15) is 11.8 Å². The molecule has 26 heavy (non-hydrogen) atoms. The number of nitrogens with two attached hydrogens (primary N) is 1. The number of methoxy groups -OCH3 is 1. The van der Waals surface area contributed by atoms with Gasteiger partial charge in [-0.1, -0.05) is 18.5 Å². The summed E-state index contributed by atoms with van der Waals surface area (Å²) in [7, 11) is 1.62. The lowest BCUT2D eigenvalue weighted by molar-refractivity contribution is -0.693. The Labute approximate surface area is 157 Å². The van der Waals surface area contributed by atoms with Gasteiger partial charge in [0.05, 0.1) is 30.2 Å². The van der Waals surface area contributed by atoms with Crippen molar-refractivity contribution in [1.29, 1.82) is 0 Å². The van der Waals surface area contributed by atoms with E-state index < -0.39 is 0 Å². The number of quaternary nitrogens is 1. The second-order valence-electron chi connectivity index (χ2n) is 6.28. The predicted octanol–water partition coefficient (Wildman–Crippen LogP) is 3.08. The van der Waals surface area contributed by atoms with Crippen molar-refractivity contribution in [3.8, 4) is 11.4 Å². The Morgan fingerprint density at radius 2 is 1.96 bits per heavy atom. The van der Waals surface area contributed by atoms with Crippen LogP contribution in [-0.2, 0) is 0 Å². The minimum atomic E-state index is -0.0939. The Morgan fingerprint density at radius 3 is 2.62 bits per heavy atom. The molecule has 1 heterocycles. The first-order valence-electron chi connectivity index (χ1n) is 8.75. The van der Waals surface area contributed by atoms with E-state index in [4.69, 9.17) is 21.3 Å². The summed E-state index contributed by atoms with van der Waals surface area (Å²) in [6.45, 7) is 5.16. The van der Waals surface area contributed by atoms with E-state index in [1.54, 1.807) is 29.9 Å². The first kappa shape index (κ1) is 18.4. The Morgan fingerprint density at radius 1 is 1.23 bits per heavy atom. The normalized spacial score (nSPS) is 12.3. The number of nitrogens with zero attached hydrogens (tertiary/aromatic N) is 2. The molecule has 0 saturated heterocycles. The van der Waals surface area contributed by atoms with Crippen molar-refractivity contribution >= 4 is 22.5 Å². The molecule has 5 nitrogen and oxygen atoms in total. The van der Waals surface area contributed by atoms with Crippen LogP contribution < -0.4 is 15.6 Å². The molecule has 0 aliphatic heterocycles. The highest BCUT2D eigenvalue weighted by molar-refractivity contribution is 6.31. The maximum Gasteiger partial charge on any atom is 0.266 e. The van der Waals surface area contributed by atoms with E-state index in [1.165, 1.54) is 0 Å². The molecular weight excluding hydrogens is 350 g/mol. The largest absolute Gasteiger partial charge is 0.497 e. The third kappa shape index (κ3) is 3.59. The number of benzene rings is 2. The number of fused-ring (bicyclic) bond motifs is 1. The first-order valence-corrected chi connectivity index (χ1v) is 9.13. The highest BCUT2D eigenvalue weighted by atomic mass is 35.5. The molecule has 1 atom stereocenters. The fraction of sp³-hybridized carbons (Fsp3) is 0.300. The zero-order chi connectivity index (χ0) is 18.7. The summed E-state index contributed by atoms with van der Waals surface area (Å²) in [5.74, 6) is 1.46. The van der Waals surface area contributed by atoms with Gasteiger partial charge in [-0.05, 0) is 55.8 Å². The molecule has 0 fully saturated rings. The maximum atomic E-state index is 13.2. The second-order valence-corrected chi connectivity index (χ2v) is 6.72. The maximum absolute atomic E-state index is 13.2. The Balaban J connectivity index is 2.24. The average Bonchev–Trinajstić information content (AvgIpc) is 2.65. The number of hydrogen-bond acceptors (Lipinski definition) is 3. The minimum absolute atomic E-state index is 0.0353. The summed E-state index contributed by atoms with van der Waals surface area (Å²) in [6.07, 6.45) is 1.05. The lowest BCUT2D eigenvalue weighted by atomic mass is 10.2. The van der Waals surface area contributed by atoms with Gasteiger partial charge in [-0.2, -0.15) is 0 Å². The summed E-state index contributed by atoms with van der Waals surface area (Å²) < 4.78 is 6.91. The van der Waals surface area contributed by atoms with Crippen molar-refractivity contribution < 1.29 is 10.1 Å². The van der Waals surface area contributed by atoms with E-state index in [2.05, 4.69) is 19.2 Å². The summed E-state index contributed by atoms with van der Waals surface area (Å²) in [5, 5.41) is 3.32.